The molecule has 0 unspecified atom stereocenters. The second kappa shape index (κ2) is 9.05. The van der Waals surface area contributed by atoms with Crippen molar-refractivity contribution in [3.63, 3.8) is 0 Å². The largest absolute Gasteiger partial charge is 0.336 e. The predicted octanol–water partition coefficient (Wildman–Crippen LogP) is 6.02. The second-order valence-electron chi connectivity index (χ2n) is 7.91. The lowest BCUT2D eigenvalue weighted by atomic mass is 10.1. The Morgan fingerprint density at radius 3 is 2.09 bits per heavy atom. The van der Waals surface area contributed by atoms with Crippen LogP contribution in [0.15, 0.2) is 88.3 Å². The molecule has 1 heterocycles. The summed E-state index contributed by atoms with van der Waals surface area (Å²) < 4.78 is 0. The van der Waals surface area contributed by atoms with Gasteiger partial charge in [0, 0.05) is 17.1 Å². The molecule has 1 aliphatic heterocycles. The molecule has 0 saturated carbocycles. The maximum Gasteiger partial charge on any atom is 0.283 e. The zero-order valence-corrected chi connectivity index (χ0v) is 19.6. The number of benzene rings is 3. The van der Waals surface area contributed by atoms with Gasteiger partial charge in [-0.1, -0.05) is 65.4 Å². The molecule has 4 rings (SSSR count). The molecule has 0 spiro atoms. The maximum atomic E-state index is 13.8. The van der Waals surface area contributed by atoms with Gasteiger partial charge in [0.25, 0.3) is 11.8 Å². The van der Waals surface area contributed by atoms with E-state index in [2.05, 4.69) is 0 Å². The Hall–Kier alpha value is -3.31. The van der Waals surface area contributed by atoms with E-state index in [4.69, 9.17) is 0 Å². The van der Waals surface area contributed by atoms with Crippen LogP contribution < -0.4 is 9.80 Å². The molecule has 4 nitrogen and oxygen atoms in total. The average Bonchev–Trinajstić information content (AvgIpc) is 3.01. The number of aryl methyl sites for hydroxylation is 3. The molecule has 3 aromatic carbocycles. The SMILES string of the molecule is CCN(C1=C(Sc2ccc(C)cc2)C(=O)N(c2ccc(C)cc2C)C1=O)c1ccccc1. The van der Waals surface area contributed by atoms with Crippen molar-refractivity contribution in [1.29, 1.82) is 0 Å². The minimum Gasteiger partial charge on any atom is -0.336 e. The molecule has 5 heteroatoms. The molecule has 3 aromatic rings. The number of thioether (sulfide) groups is 1. The standard InChI is InChI=1S/C27H26N2O2S/c1-5-28(21-9-7-6-8-10-21)24-25(32-22-14-11-18(2)12-15-22)27(31)29(26(24)30)23-16-13-19(3)17-20(23)4/h6-17H,5H2,1-4H3. The number of hydrogen-bond donors (Lipinski definition) is 0. The number of para-hydroxylation sites is 1. The molecular weight excluding hydrogens is 416 g/mol. The lowest BCUT2D eigenvalue weighted by Gasteiger charge is -2.25. The van der Waals surface area contributed by atoms with Crippen molar-refractivity contribution in [3.05, 3.63) is 100 Å². The molecule has 2 amide bonds. The van der Waals surface area contributed by atoms with Crippen LogP contribution in [-0.4, -0.2) is 18.4 Å². The van der Waals surface area contributed by atoms with Crippen LogP contribution in [0.25, 0.3) is 0 Å². The Labute approximate surface area is 193 Å². The average molecular weight is 443 g/mol. The number of nitrogens with zero attached hydrogens (tertiary/aromatic N) is 2. The number of rotatable bonds is 6. The van der Waals surface area contributed by atoms with Gasteiger partial charge in [-0.3, -0.25) is 9.59 Å². The lowest BCUT2D eigenvalue weighted by molar-refractivity contribution is -0.120. The van der Waals surface area contributed by atoms with Crippen molar-refractivity contribution >= 4 is 35.0 Å². The van der Waals surface area contributed by atoms with Crippen molar-refractivity contribution in [1.82, 2.24) is 0 Å². The van der Waals surface area contributed by atoms with Crippen LogP contribution in [0.1, 0.15) is 23.6 Å². The van der Waals surface area contributed by atoms with Gasteiger partial charge in [-0.15, -0.1) is 0 Å². The highest BCUT2D eigenvalue weighted by Gasteiger charge is 2.43. The van der Waals surface area contributed by atoms with Crippen LogP contribution in [0.4, 0.5) is 11.4 Å². The Morgan fingerprint density at radius 2 is 1.47 bits per heavy atom. The maximum absolute atomic E-state index is 13.8. The van der Waals surface area contributed by atoms with Gasteiger partial charge in [-0.25, -0.2) is 4.90 Å². The van der Waals surface area contributed by atoms with Crippen molar-refractivity contribution in [3.8, 4) is 0 Å². The first-order valence-corrected chi connectivity index (χ1v) is 11.5. The molecular formula is C27H26N2O2S. The molecule has 0 fully saturated rings. The number of anilines is 2. The van der Waals surface area contributed by atoms with Gasteiger partial charge in [0.2, 0.25) is 0 Å². The van der Waals surface area contributed by atoms with Gasteiger partial charge >= 0.3 is 0 Å². The van der Waals surface area contributed by atoms with Crippen LogP contribution >= 0.6 is 11.8 Å². The first-order valence-electron chi connectivity index (χ1n) is 10.7. The first kappa shape index (κ1) is 21.9. The van der Waals surface area contributed by atoms with Crippen molar-refractivity contribution in [2.24, 2.45) is 0 Å². The number of amides is 2. The molecule has 0 bridgehead atoms. The Kier molecular flexibility index (Phi) is 6.19. The summed E-state index contributed by atoms with van der Waals surface area (Å²) in [6.45, 7) is 8.52. The minimum absolute atomic E-state index is 0.281. The number of hydrogen-bond acceptors (Lipinski definition) is 4. The quantitative estimate of drug-likeness (QED) is 0.438. The van der Waals surface area contributed by atoms with E-state index in [1.165, 1.54) is 16.7 Å². The van der Waals surface area contributed by atoms with Crippen LogP contribution in [0.5, 0.6) is 0 Å². The van der Waals surface area contributed by atoms with Crippen LogP contribution in [0, 0.1) is 20.8 Å². The number of likely N-dealkylation sites (N-methyl/N-ethyl adjacent to an activating group) is 1. The molecule has 0 atom stereocenters. The van der Waals surface area contributed by atoms with Gasteiger partial charge in [0.1, 0.15) is 10.6 Å². The van der Waals surface area contributed by atoms with E-state index in [0.717, 1.165) is 27.3 Å². The molecule has 0 aliphatic carbocycles. The fraction of sp³-hybridized carbons (Fsp3) is 0.185. The highest BCUT2D eigenvalue weighted by atomic mass is 32.2. The zero-order chi connectivity index (χ0) is 22.8. The van der Waals surface area contributed by atoms with Crippen LogP contribution in [0.2, 0.25) is 0 Å². The fourth-order valence-electron chi connectivity index (χ4n) is 3.91. The smallest absolute Gasteiger partial charge is 0.283 e. The van der Waals surface area contributed by atoms with E-state index in [-0.39, 0.29) is 11.8 Å². The van der Waals surface area contributed by atoms with E-state index in [0.29, 0.717) is 22.8 Å². The van der Waals surface area contributed by atoms with Gasteiger partial charge in [0.15, 0.2) is 0 Å². The van der Waals surface area contributed by atoms with Crippen molar-refractivity contribution in [2.75, 3.05) is 16.3 Å². The highest BCUT2D eigenvalue weighted by molar-refractivity contribution is 8.04. The predicted molar refractivity (Wildman–Crippen MR) is 132 cm³/mol. The monoisotopic (exact) mass is 442 g/mol. The summed E-state index contributed by atoms with van der Waals surface area (Å²) in [5, 5.41) is 0. The molecule has 0 radical (unpaired) electrons. The summed E-state index contributed by atoms with van der Waals surface area (Å²) in [4.78, 5) is 32.1. The summed E-state index contributed by atoms with van der Waals surface area (Å²) in [6.07, 6.45) is 0. The zero-order valence-electron chi connectivity index (χ0n) is 18.8. The third-order valence-electron chi connectivity index (χ3n) is 5.51. The number of imide groups is 1. The molecule has 32 heavy (non-hydrogen) atoms. The topological polar surface area (TPSA) is 40.6 Å². The van der Waals surface area contributed by atoms with Gasteiger partial charge in [0.05, 0.1) is 5.69 Å². The normalized spacial score (nSPS) is 13.8. The fourth-order valence-corrected chi connectivity index (χ4v) is 4.89. The molecule has 0 N–H and O–H groups in total. The van der Waals surface area contributed by atoms with Gasteiger partial charge < -0.3 is 4.90 Å². The van der Waals surface area contributed by atoms with Crippen LogP contribution in [-0.2, 0) is 9.59 Å². The summed E-state index contributed by atoms with van der Waals surface area (Å²) in [6, 6.07) is 23.5. The van der Waals surface area contributed by atoms with Crippen molar-refractivity contribution in [2.45, 2.75) is 32.6 Å². The lowest BCUT2D eigenvalue weighted by Crippen LogP contribution is -2.35. The van der Waals surface area contributed by atoms with E-state index in [1.807, 2.05) is 105 Å². The van der Waals surface area contributed by atoms with E-state index in [1.54, 1.807) is 0 Å². The molecule has 162 valence electrons. The number of carbonyl (C=O) groups excluding carboxylic acids is 2. The Balaban J connectivity index is 1.84. The Bertz CT molecular complexity index is 1200. The van der Waals surface area contributed by atoms with E-state index < -0.39 is 0 Å². The molecule has 0 saturated heterocycles. The Morgan fingerprint density at radius 1 is 0.812 bits per heavy atom. The van der Waals surface area contributed by atoms with E-state index >= 15 is 0 Å². The molecule has 1 aliphatic rings. The van der Waals surface area contributed by atoms with Crippen molar-refractivity contribution < 1.29 is 9.59 Å². The third-order valence-corrected chi connectivity index (χ3v) is 6.59. The summed E-state index contributed by atoms with van der Waals surface area (Å²) in [5.74, 6) is -0.570. The minimum atomic E-state index is -0.290. The first-order chi connectivity index (χ1) is 15.4. The third kappa shape index (κ3) is 4.08. The summed E-state index contributed by atoms with van der Waals surface area (Å²) >= 11 is 1.35. The highest BCUT2D eigenvalue weighted by Crippen LogP contribution is 2.40. The second-order valence-corrected chi connectivity index (χ2v) is 8.99. The summed E-state index contributed by atoms with van der Waals surface area (Å²) in [7, 11) is 0. The van der Waals surface area contributed by atoms with E-state index in [9.17, 15) is 9.59 Å². The van der Waals surface area contributed by atoms with Gasteiger partial charge in [-0.2, -0.15) is 0 Å². The number of carbonyl (C=O) groups is 2. The van der Waals surface area contributed by atoms with Crippen LogP contribution in [0.3, 0.4) is 0 Å². The molecule has 0 aromatic heterocycles. The summed E-state index contributed by atoms with van der Waals surface area (Å²) in [5.41, 5.74) is 5.08. The van der Waals surface area contributed by atoms with Gasteiger partial charge in [-0.05, 0) is 63.6 Å².